The first-order valence-corrected chi connectivity index (χ1v) is 7.26. The maximum atomic E-state index is 12.5. The van der Waals surface area contributed by atoms with Gasteiger partial charge in [0, 0.05) is 12.1 Å². The Morgan fingerprint density at radius 3 is 2.44 bits per heavy atom. The molecule has 1 N–H and O–H groups in total. The van der Waals surface area contributed by atoms with Crippen molar-refractivity contribution in [3.05, 3.63) is 22.4 Å². The first-order chi connectivity index (χ1) is 8.47. The van der Waals surface area contributed by atoms with Gasteiger partial charge in [-0.2, -0.15) is 24.5 Å². The number of hydrogen-bond donors (Lipinski definition) is 1. The molecule has 1 heterocycles. The largest absolute Gasteiger partial charge is 0.391 e. The Labute approximate surface area is 109 Å². The van der Waals surface area contributed by atoms with Crippen molar-refractivity contribution in [2.75, 3.05) is 0 Å². The van der Waals surface area contributed by atoms with Crippen LogP contribution in [-0.4, -0.2) is 12.2 Å². The van der Waals surface area contributed by atoms with Gasteiger partial charge in [-0.05, 0) is 55.0 Å². The molecule has 1 aliphatic rings. The highest BCUT2D eigenvalue weighted by Gasteiger charge is 2.41. The van der Waals surface area contributed by atoms with Gasteiger partial charge in [-0.1, -0.05) is 0 Å². The third kappa shape index (κ3) is 3.48. The molecule has 18 heavy (non-hydrogen) atoms. The van der Waals surface area contributed by atoms with E-state index < -0.39 is 12.1 Å². The van der Waals surface area contributed by atoms with Gasteiger partial charge in [-0.25, -0.2) is 0 Å². The van der Waals surface area contributed by atoms with E-state index in [1.54, 1.807) is 11.3 Å². The molecule has 1 nitrogen and oxygen atoms in total. The molecule has 102 valence electrons. The molecule has 0 saturated heterocycles. The lowest BCUT2D eigenvalue weighted by Gasteiger charge is -2.32. The van der Waals surface area contributed by atoms with Gasteiger partial charge in [0.25, 0.3) is 0 Å². The summed E-state index contributed by atoms with van der Waals surface area (Å²) in [4.78, 5) is 0. The van der Waals surface area contributed by atoms with Gasteiger partial charge >= 0.3 is 6.18 Å². The predicted octanol–water partition coefficient (Wildman–Crippen LogP) is 4.52. The van der Waals surface area contributed by atoms with Crippen molar-refractivity contribution in [1.82, 2.24) is 5.32 Å². The zero-order valence-electron chi connectivity index (χ0n) is 10.3. The number of thiophene rings is 1. The van der Waals surface area contributed by atoms with Crippen LogP contribution in [0.5, 0.6) is 0 Å². The second-order valence-electron chi connectivity index (χ2n) is 5.04. The minimum Gasteiger partial charge on any atom is -0.307 e. The third-order valence-electron chi connectivity index (χ3n) is 3.72. The summed E-state index contributed by atoms with van der Waals surface area (Å²) >= 11 is 1.64. The summed E-state index contributed by atoms with van der Waals surface area (Å²) in [7, 11) is 0. The second kappa shape index (κ2) is 5.61. The molecular weight excluding hydrogens is 259 g/mol. The maximum absolute atomic E-state index is 12.5. The Bertz CT molecular complexity index is 353. The quantitative estimate of drug-likeness (QED) is 0.856. The Morgan fingerprint density at radius 2 is 1.94 bits per heavy atom. The summed E-state index contributed by atoms with van der Waals surface area (Å²) in [6.07, 6.45) is -2.24. The Hall–Kier alpha value is -0.550. The van der Waals surface area contributed by atoms with E-state index in [1.807, 2.05) is 5.38 Å². The van der Waals surface area contributed by atoms with E-state index in [0.717, 1.165) is 0 Å². The first kappa shape index (κ1) is 13.9. The number of hydrogen-bond acceptors (Lipinski definition) is 2. The van der Waals surface area contributed by atoms with Crippen LogP contribution in [0, 0.1) is 5.92 Å². The van der Waals surface area contributed by atoms with Crippen molar-refractivity contribution in [2.45, 2.75) is 50.9 Å². The molecule has 0 aromatic carbocycles. The minimum absolute atomic E-state index is 0.221. The second-order valence-corrected chi connectivity index (χ2v) is 5.82. The van der Waals surface area contributed by atoms with E-state index >= 15 is 0 Å². The van der Waals surface area contributed by atoms with Gasteiger partial charge in [0.1, 0.15) is 0 Å². The van der Waals surface area contributed by atoms with Crippen molar-refractivity contribution < 1.29 is 13.2 Å². The van der Waals surface area contributed by atoms with Crippen LogP contribution in [0.1, 0.15) is 44.2 Å². The normalized spacial score (nSPS) is 27.1. The van der Waals surface area contributed by atoms with Crippen molar-refractivity contribution in [3.63, 3.8) is 0 Å². The van der Waals surface area contributed by atoms with E-state index in [0.29, 0.717) is 12.8 Å². The van der Waals surface area contributed by atoms with E-state index in [2.05, 4.69) is 23.7 Å². The molecule has 0 aliphatic heterocycles. The number of halogens is 3. The lowest BCUT2D eigenvalue weighted by atomic mass is 9.85. The highest BCUT2D eigenvalue weighted by Crippen LogP contribution is 2.37. The molecule has 2 rings (SSSR count). The van der Waals surface area contributed by atoms with Crippen LogP contribution in [0.3, 0.4) is 0 Å². The number of nitrogens with one attached hydrogen (secondary N) is 1. The molecule has 1 aromatic heterocycles. The zero-order chi connectivity index (χ0) is 13.2. The van der Waals surface area contributed by atoms with E-state index in [1.165, 1.54) is 5.56 Å². The first-order valence-electron chi connectivity index (χ1n) is 6.31. The Kier molecular flexibility index (Phi) is 4.33. The molecule has 1 unspecified atom stereocenters. The topological polar surface area (TPSA) is 12.0 Å². The molecule has 5 heteroatoms. The van der Waals surface area contributed by atoms with Gasteiger partial charge in [0.15, 0.2) is 0 Å². The predicted molar refractivity (Wildman–Crippen MR) is 67.7 cm³/mol. The van der Waals surface area contributed by atoms with Crippen molar-refractivity contribution in [1.29, 1.82) is 0 Å². The summed E-state index contributed by atoms with van der Waals surface area (Å²) < 4.78 is 37.6. The summed E-state index contributed by atoms with van der Waals surface area (Å²) in [6.45, 7) is 2.07. The summed E-state index contributed by atoms with van der Waals surface area (Å²) in [5.41, 5.74) is 1.22. The van der Waals surface area contributed by atoms with Crippen molar-refractivity contribution in [3.8, 4) is 0 Å². The van der Waals surface area contributed by atoms with Crippen LogP contribution in [0.15, 0.2) is 16.8 Å². The maximum Gasteiger partial charge on any atom is 0.391 e. The van der Waals surface area contributed by atoms with Crippen LogP contribution >= 0.6 is 11.3 Å². The third-order valence-corrected chi connectivity index (χ3v) is 4.42. The SMILES string of the molecule is CC(NC1CCC(C(F)(F)F)CC1)c1ccsc1. The number of rotatable bonds is 3. The van der Waals surface area contributed by atoms with Crippen LogP contribution < -0.4 is 5.32 Å². The molecule has 0 spiro atoms. The summed E-state index contributed by atoms with van der Waals surface area (Å²) in [6, 6.07) is 2.51. The average molecular weight is 277 g/mol. The molecule has 1 saturated carbocycles. The standard InChI is InChI=1S/C13H18F3NS/c1-9(10-6-7-18-8-10)17-12-4-2-11(3-5-12)13(14,15)16/h6-9,11-12,17H,2-5H2,1H3. The fourth-order valence-electron chi connectivity index (χ4n) is 2.56. The molecule has 0 amide bonds. The van der Waals surface area contributed by atoms with Gasteiger partial charge in [0.05, 0.1) is 5.92 Å². The van der Waals surface area contributed by atoms with E-state index in [4.69, 9.17) is 0 Å². The van der Waals surface area contributed by atoms with Gasteiger partial charge in [-0.3, -0.25) is 0 Å². The van der Waals surface area contributed by atoms with Crippen LogP contribution in [-0.2, 0) is 0 Å². The van der Waals surface area contributed by atoms with Crippen molar-refractivity contribution >= 4 is 11.3 Å². The lowest BCUT2D eigenvalue weighted by molar-refractivity contribution is -0.182. The smallest absolute Gasteiger partial charge is 0.307 e. The highest BCUT2D eigenvalue weighted by molar-refractivity contribution is 7.07. The van der Waals surface area contributed by atoms with Crippen LogP contribution in [0.2, 0.25) is 0 Å². The molecule has 1 aromatic rings. The lowest BCUT2D eigenvalue weighted by Crippen LogP contribution is -2.38. The Balaban J connectivity index is 1.80. The minimum atomic E-state index is -4.01. The molecule has 0 bridgehead atoms. The van der Waals surface area contributed by atoms with E-state index in [9.17, 15) is 13.2 Å². The van der Waals surface area contributed by atoms with Gasteiger partial charge in [-0.15, -0.1) is 0 Å². The molecule has 0 radical (unpaired) electrons. The summed E-state index contributed by atoms with van der Waals surface area (Å²) in [5, 5.41) is 7.54. The zero-order valence-corrected chi connectivity index (χ0v) is 11.2. The van der Waals surface area contributed by atoms with Crippen molar-refractivity contribution in [2.24, 2.45) is 5.92 Å². The molecule has 1 fully saturated rings. The van der Waals surface area contributed by atoms with Gasteiger partial charge in [0.2, 0.25) is 0 Å². The number of alkyl halides is 3. The highest BCUT2D eigenvalue weighted by atomic mass is 32.1. The molecule has 1 atom stereocenters. The fourth-order valence-corrected chi connectivity index (χ4v) is 3.31. The Morgan fingerprint density at radius 1 is 1.28 bits per heavy atom. The summed E-state index contributed by atoms with van der Waals surface area (Å²) in [5.74, 6) is -1.09. The monoisotopic (exact) mass is 277 g/mol. The van der Waals surface area contributed by atoms with E-state index in [-0.39, 0.29) is 24.9 Å². The van der Waals surface area contributed by atoms with Gasteiger partial charge < -0.3 is 5.32 Å². The molecular formula is C13H18F3NS. The fraction of sp³-hybridized carbons (Fsp3) is 0.692. The molecule has 1 aliphatic carbocycles. The van der Waals surface area contributed by atoms with Crippen LogP contribution in [0.4, 0.5) is 13.2 Å². The average Bonchev–Trinajstić information content (AvgIpc) is 2.82. The van der Waals surface area contributed by atoms with Crippen LogP contribution in [0.25, 0.3) is 0 Å².